The lowest BCUT2D eigenvalue weighted by Crippen LogP contribution is -2.55. The number of aryl methyl sites for hydroxylation is 1. The van der Waals surface area contributed by atoms with Gasteiger partial charge in [-0.25, -0.2) is 4.98 Å². The number of nitrogens with one attached hydrogen (secondary N) is 3. The third kappa shape index (κ3) is 3.91. The summed E-state index contributed by atoms with van der Waals surface area (Å²) in [5.41, 5.74) is 2.47. The summed E-state index contributed by atoms with van der Waals surface area (Å²) in [5, 5.41) is 5.75. The predicted molar refractivity (Wildman–Crippen MR) is 115 cm³/mol. The van der Waals surface area contributed by atoms with Crippen LogP contribution in [0.5, 0.6) is 0 Å². The summed E-state index contributed by atoms with van der Waals surface area (Å²) < 4.78 is 0. The number of nitrogens with zero attached hydrogens (tertiary/aromatic N) is 3. The maximum Gasteiger partial charge on any atom is 0.238 e. The predicted octanol–water partition coefficient (Wildman–Crippen LogP) is 1.98. The zero-order valence-corrected chi connectivity index (χ0v) is 17.2. The van der Waals surface area contributed by atoms with Crippen molar-refractivity contribution in [1.29, 1.82) is 0 Å². The normalized spacial score (nSPS) is 19.5. The molecule has 1 atom stereocenters. The number of hydrogen-bond donors (Lipinski definition) is 3. The van der Waals surface area contributed by atoms with E-state index in [1.807, 2.05) is 48.2 Å². The standard InChI is InChI=1S/C22H26N6O2/c1-15-25-17-8-7-16(12-18(17)26-15)27-20(29)13-28-11-5-9-22(14-28,21(30)23-2)19-6-3-4-10-24-19/h3-4,6-8,10,12H,5,9,11,13-14H2,1-2H3,(H,23,30)(H,25,26)(H,27,29)/t22-/m1/s1. The molecule has 2 amide bonds. The average molecular weight is 406 g/mol. The lowest BCUT2D eigenvalue weighted by molar-refractivity contribution is -0.130. The van der Waals surface area contributed by atoms with Crippen LogP contribution < -0.4 is 10.6 Å². The molecule has 2 aromatic heterocycles. The molecule has 3 N–H and O–H groups in total. The van der Waals surface area contributed by atoms with E-state index in [-0.39, 0.29) is 18.4 Å². The second kappa shape index (κ2) is 8.23. The van der Waals surface area contributed by atoms with Crippen molar-refractivity contribution in [3.05, 3.63) is 54.1 Å². The van der Waals surface area contributed by atoms with Gasteiger partial charge < -0.3 is 15.6 Å². The third-order valence-electron chi connectivity index (χ3n) is 5.64. The van der Waals surface area contributed by atoms with E-state index in [0.717, 1.165) is 41.2 Å². The van der Waals surface area contributed by atoms with Gasteiger partial charge in [-0.1, -0.05) is 6.07 Å². The SMILES string of the molecule is CNC(=O)[C@]1(c2ccccn2)CCCN(CC(=O)Nc2ccc3nc(C)[nH]c3c2)C1. The van der Waals surface area contributed by atoms with Gasteiger partial charge in [0, 0.05) is 25.5 Å². The Morgan fingerprint density at radius 2 is 2.13 bits per heavy atom. The Bertz CT molecular complexity index is 1060. The van der Waals surface area contributed by atoms with Gasteiger partial charge in [0.1, 0.15) is 11.2 Å². The molecule has 4 rings (SSSR count). The van der Waals surface area contributed by atoms with Gasteiger partial charge in [0.25, 0.3) is 0 Å². The Morgan fingerprint density at radius 3 is 2.90 bits per heavy atom. The highest BCUT2D eigenvalue weighted by Gasteiger charge is 2.44. The van der Waals surface area contributed by atoms with Crippen molar-refractivity contribution in [2.24, 2.45) is 0 Å². The number of likely N-dealkylation sites (tertiary alicyclic amines) is 1. The number of fused-ring (bicyclic) bond motifs is 1. The van der Waals surface area contributed by atoms with Gasteiger partial charge in [-0.2, -0.15) is 0 Å². The molecule has 0 radical (unpaired) electrons. The molecular formula is C22H26N6O2. The van der Waals surface area contributed by atoms with Crippen LogP contribution >= 0.6 is 0 Å². The fourth-order valence-electron chi connectivity index (χ4n) is 4.29. The lowest BCUT2D eigenvalue weighted by atomic mass is 9.75. The van der Waals surface area contributed by atoms with Crippen LogP contribution in [0.2, 0.25) is 0 Å². The van der Waals surface area contributed by atoms with Crippen molar-refractivity contribution >= 4 is 28.5 Å². The van der Waals surface area contributed by atoms with Gasteiger partial charge in [-0.15, -0.1) is 0 Å². The van der Waals surface area contributed by atoms with Crippen molar-refractivity contribution < 1.29 is 9.59 Å². The number of aromatic nitrogens is 3. The van der Waals surface area contributed by atoms with Crippen LogP contribution in [-0.2, 0) is 15.0 Å². The molecule has 0 saturated carbocycles. The van der Waals surface area contributed by atoms with E-state index < -0.39 is 5.41 Å². The number of aromatic amines is 1. The minimum atomic E-state index is -0.749. The van der Waals surface area contributed by atoms with Gasteiger partial charge in [0.05, 0.1) is 23.3 Å². The topological polar surface area (TPSA) is 103 Å². The maximum absolute atomic E-state index is 12.9. The summed E-state index contributed by atoms with van der Waals surface area (Å²) in [6.07, 6.45) is 3.23. The number of amides is 2. The molecule has 3 heterocycles. The van der Waals surface area contributed by atoms with Crippen LogP contribution in [0.25, 0.3) is 11.0 Å². The Labute approximate surface area is 175 Å². The van der Waals surface area contributed by atoms with Gasteiger partial charge in [-0.05, 0) is 56.6 Å². The number of carbonyl (C=O) groups excluding carboxylic acids is 2. The Hall–Kier alpha value is -3.26. The molecule has 156 valence electrons. The van der Waals surface area contributed by atoms with E-state index in [9.17, 15) is 9.59 Å². The number of imidazole rings is 1. The summed E-state index contributed by atoms with van der Waals surface area (Å²) >= 11 is 0. The number of pyridine rings is 1. The Morgan fingerprint density at radius 1 is 1.27 bits per heavy atom. The minimum absolute atomic E-state index is 0.0635. The van der Waals surface area contributed by atoms with Crippen molar-refractivity contribution in [3.8, 4) is 0 Å². The van der Waals surface area contributed by atoms with E-state index >= 15 is 0 Å². The zero-order valence-electron chi connectivity index (χ0n) is 17.2. The molecule has 30 heavy (non-hydrogen) atoms. The largest absolute Gasteiger partial charge is 0.358 e. The summed E-state index contributed by atoms with van der Waals surface area (Å²) in [6.45, 7) is 3.33. The molecule has 3 aromatic rings. The third-order valence-corrected chi connectivity index (χ3v) is 5.64. The molecule has 1 fully saturated rings. The van der Waals surface area contributed by atoms with E-state index in [4.69, 9.17) is 0 Å². The quantitative estimate of drug-likeness (QED) is 0.601. The first-order valence-electron chi connectivity index (χ1n) is 10.1. The highest BCUT2D eigenvalue weighted by molar-refractivity contribution is 5.94. The average Bonchev–Trinajstić information content (AvgIpc) is 3.13. The first kappa shape index (κ1) is 20.0. The zero-order chi connectivity index (χ0) is 21.1. The van der Waals surface area contributed by atoms with E-state index in [0.29, 0.717) is 13.0 Å². The summed E-state index contributed by atoms with van der Waals surface area (Å²) in [4.78, 5) is 39.6. The Balaban J connectivity index is 1.48. The van der Waals surface area contributed by atoms with Crippen LogP contribution in [0.3, 0.4) is 0 Å². The second-order valence-corrected chi connectivity index (χ2v) is 7.79. The molecule has 0 spiro atoms. The summed E-state index contributed by atoms with van der Waals surface area (Å²) in [7, 11) is 1.64. The number of rotatable bonds is 5. The number of piperidine rings is 1. The molecule has 1 aliphatic rings. The maximum atomic E-state index is 12.9. The fraction of sp³-hybridized carbons (Fsp3) is 0.364. The smallest absolute Gasteiger partial charge is 0.238 e. The summed E-state index contributed by atoms with van der Waals surface area (Å²) in [5.74, 6) is 0.660. The lowest BCUT2D eigenvalue weighted by Gasteiger charge is -2.40. The van der Waals surface area contributed by atoms with Crippen molar-refractivity contribution in [1.82, 2.24) is 25.2 Å². The molecule has 1 aromatic carbocycles. The van der Waals surface area contributed by atoms with Crippen molar-refractivity contribution in [2.75, 3.05) is 32.0 Å². The van der Waals surface area contributed by atoms with Gasteiger partial charge >= 0.3 is 0 Å². The monoisotopic (exact) mass is 406 g/mol. The van der Waals surface area contributed by atoms with Gasteiger partial charge in [-0.3, -0.25) is 19.5 Å². The Kier molecular flexibility index (Phi) is 5.50. The first-order chi connectivity index (χ1) is 14.5. The molecule has 1 saturated heterocycles. The van der Waals surface area contributed by atoms with Gasteiger partial charge in [0.15, 0.2) is 0 Å². The number of H-pyrrole nitrogens is 1. The van der Waals surface area contributed by atoms with Crippen LogP contribution in [0.1, 0.15) is 24.4 Å². The molecule has 0 aliphatic carbocycles. The molecule has 0 bridgehead atoms. The van der Waals surface area contributed by atoms with E-state index in [2.05, 4.69) is 25.6 Å². The molecule has 1 aliphatic heterocycles. The highest BCUT2D eigenvalue weighted by Crippen LogP contribution is 2.33. The van der Waals surface area contributed by atoms with E-state index in [1.54, 1.807) is 13.2 Å². The molecule has 8 heteroatoms. The van der Waals surface area contributed by atoms with Crippen LogP contribution in [0.4, 0.5) is 5.69 Å². The molecular weight excluding hydrogens is 380 g/mol. The number of anilines is 1. The van der Waals surface area contributed by atoms with E-state index in [1.165, 1.54) is 0 Å². The number of likely N-dealkylation sites (N-methyl/N-ethyl adjacent to an activating group) is 1. The van der Waals surface area contributed by atoms with Gasteiger partial charge in [0.2, 0.25) is 11.8 Å². The van der Waals surface area contributed by atoms with Crippen LogP contribution in [0.15, 0.2) is 42.6 Å². The summed E-state index contributed by atoms with van der Waals surface area (Å²) in [6, 6.07) is 11.2. The molecule has 8 nitrogen and oxygen atoms in total. The molecule has 0 unspecified atom stereocenters. The first-order valence-corrected chi connectivity index (χ1v) is 10.1. The van der Waals surface area contributed by atoms with Crippen molar-refractivity contribution in [2.45, 2.75) is 25.2 Å². The fourth-order valence-corrected chi connectivity index (χ4v) is 4.29. The number of carbonyl (C=O) groups is 2. The highest BCUT2D eigenvalue weighted by atomic mass is 16.2. The van der Waals surface area contributed by atoms with Crippen molar-refractivity contribution in [3.63, 3.8) is 0 Å². The number of benzene rings is 1. The van der Waals surface area contributed by atoms with Crippen LogP contribution in [0, 0.1) is 6.92 Å². The minimum Gasteiger partial charge on any atom is -0.358 e. The van der Waals surface area contributed by atoms with Crippen LogP contribution in [-0.4, -0.2) is 58.3 Å². The second-order valence-electron chi connectivity index (χ2n) is 7.79. The number of hydrogen-bond acceptors (Lipinski definition) is 5.